The van der Waals surface area contributed by atoms with Gasteiger partial charge in [0.25, 0.3) is 0 Å². The Kier molecular flexibility index (Phi) is 4.41. The average molecular weight is 304 g/mol. The summed E-state index contributed by atoms with van der Waals surface area (Å²) in [5, 5.41) is 2.84. The van der Waals surface area contributed by atoms with Crippen LogP contribution < -0.4 is 5.32 Å². The molecule has 5 heteroatoms. The van der Waals surface area contributed by atoms with Gasteiger partial charge in [-0.25, -0.2) is 4.39 Å². The lowest BCUT2D eigenvalue weighted by Crippen LogP contribution is -2.37. The molecular weight excluding hydrogens is 283 g/mol. The molecule has 2 unspecified atom stereocenters. The highest BCUT2D eigenvalue weighted by atomic mass is 19.1. The molecular formula is C17H21FN2O2. The van der Waals surface area contributed by atoms with Crippen molar-refractivity contribution >= 4 is 11.8 Å². The van der Waals surface area contributed by atoms with E-state index in [4.69, 9.17) is 0 Å². The van der Waals surface area contributed by atoms with Crippen LogP contribution in [0.1, 0.15) is 31.2 Å². The van der Waals surface area contributed by atoms with Gasteiger partial charge in [-0.05, 0) is 43.4 Å². The van der Waals surface area contributed by atoms with Crippen LogP contribution in [0.25, 0.3) is 0 Å². The van der Waals surface area contributed by atoms with Crippen molar-refractivity contribution in [2.75, 3.05) is 13.1 Å². The van der Waals surface area contributed by atoms with Crippen LogP contribution in [-0.4, -0.2) is 29.8 Å². The number of carbonyl (C=O) groups excluding carboxylic acids is 2. The van der Waals surface area contributed by atoms with Gasteiger partial charge >= 0.3 is 0 Å². The van der Waals surface area contributed by atoms with Crippen LogP contribution in [0.2, 0.25) is 0 Å². The highest BCUT2D eigenvalue weighted by Gasteiger charge is 2.49. The van der Waals surface area contributed by atoms with Gasteiger partial charge < -0.3 is 10.2 Å². The lowest BCUT2D eigenvalue weighted by Gasteiger charge is -2.26. The van der Waals surface area contributed by atoms with E-state index in [0.29, 0.717) is 13.0 Å². The Bertz CT molecular complexity index is 552. The van der Waals surface area contributed by atoms with E-state index in [1.54, 1.807) is 12.1 Å². The first-order valence-corrected chi connectivity index (χ1v) is 7.96. The molecule has 2 amide bonds. The Balaban J connectivity index is 1.46. The molecule has 1 aromatic rings. The fraction of sp³-hybridized carbons (Fsp3) is 0.529. The van der Waals surface area contributed by atoms with E-state index in [2.05, 4.69) is 5.32 Å². The number of amides is 2. The summed E-state index contributed by atoms with van der Waals surface area (Å²) in [6, 6.07) is 6.06. The number of nitrogens with one attached hydrogen (secondary N) is 1. The second-order valence-corrected chi connectivity index (χ2v) is 6.18. The fourth-order valence-corrected chi connectivity index (χ4v) is 3.03. The molecule has 118 valence electrons. The Hall–Kier alpha value is -1.91. The molecule has 1 saturated heterocycles. The minimum atomic E-state index is -0.288. The largest absolute Gasteiger partial charge is 0.352 e. The molecule has 0 radical (unpaired) electrons. The van der Waals surface area contributed by atoms with E-state index >= 15 is 0 Å². The summed E-state index contributed by atoms with van der Waals surface area (Å²) in [6.45, 7) is 2.04. The number of hydrogen-bond acceptors (Lipinski definition) is 2. The third-order valence-corrected chi connectivity index (χ3v) is 4.49. The lowest BCUT2D eigenvalue weighted by molar-refractivity contribution is -0.135. The van der Waals surface area contributed by atoms with Gasteiger partial charge in [0.15, 0.2) is 0 Å². The van der Waals surface area contributed by atoms with Crippen LogP contribution in [-0.2, 0) is 16.1 Å². The summed E-state index contributed by atoms with van der Waals surface area (Å²) >= 11 is 0. The minimum absolute atomic E-state index is 0.0697. The number of halogens is 1. The molecule has 1 N–H and O–H groups in total. The summed E-state index contributed by atoms with van der Waals surface area (Å²) in [6.07, 6.45) is 3.99. The number of benzene rings is 1. The van der Waals surface area contributed by atoms with Crippen molar-refractivity contribution in [2.24, 2.45) is 11.8 Å². The molecule has 4 nitrogen and oxygen atoms in total. The van der Waals surface area contributed by atoms with E-state index in [-0.39, 0.29) is 29.5 Å². The van der Waals surface area contributed by atoms with Crippen molar-refractivity contribution in [2.45, 2.75) is 32.2 Å². The van der Waals surface area contributed by atoms with Crippen LogP contribution in [0.15, 0.2) is 24.3 Å². The molecule has 1 aliphatic carbocycles. The highest BCUT2D eigenvalue weighted by molar-refractivity contribution is 5.92. The zero-order chi connectivity index (χ0) is 15.5. The highest BCUT2D eigenvalue weighted by Crippen LogP contribution is 2.40. The molecule has 1 aromatic carbocycles. The second kappa shape index (κ2) is 6.46. The van der Waals surface area contributed by atoms with Crippen molar-refractivity contribution < 1.29 is 14.0 Å². The standard InChI is InChI=1S/C17H21FN2O2/c18-13-6-4-12(5-7-13)11-19-16(21)14-10-15(14)17(22)20-8-2-1-3-9-20/h4-7,14-15H,1-3,8-11H2,(H,19,21). The first-order valence-electron chi connectivity index (χ1n) is 7.96. The minimum Gasteiger partial charge on any atom is -0.352 e. The molecule has 2 aliphatic rings. The van der Waals surface area contributed by atoms with Gasteiger partial charge in [0.1, 0.15) is 5.82 Å². The Morgan fingerprint density at radius 1 is 1.09 bits per heavy atom. The summed E-state index contributed by atoms with van der Waals surface area (Å²) < 4.78 is 12.8. The topological polar surface area (TPSA) is 49.4 Å². The molecule has 1 aliphatic heterocycles. The number of likely N-dealkylation sites (tertiary alicyclic amines) is 1. The van der Waals surface area contributed by atoms with Crippen molar-refractivity contribution in [1.82, 2.24) is 10.2 Å². The molecule has 0 bridgehead atoms. The number of rotatable bonds is 4. The molecule has 0 spiro atoms. The molecule has 1 heterocycles. The van der Waals surface area contributed by atoms with Crippen molar-refractivity contribution in [3.8, 4) is 0 Å². The quantitative estimate of drug-likeness (QED) is 0.926. The third-order valence-electron chi connectivity index (χ3n) is 4.49. The smallest absolute Gasteiger partial charge is 0.226 e. The lowest BCUT2D eigenvalue weighted by atomic mass is 10.1. The Labute approximate surface area is 129 Å². The number of carbonyl (C=O) groups is 2. The van der Waals surface area contributed by atoms with Gasteiger partial charge in [0.05, 0.1) is 11.8 Å². The predicted octanol–water partition coefficient (Wildman–Crippen LogP) is 2.09. The van der Waals surface area contributed by atoms with Gasteiger partial charge in [0.2, 0.25) is 11.8 Å². The fourth-order valence-electron chi connectivity index (χ4n) is 3.03. The Morgan fingerprint density at radius 3 is 2.45 bits per heavy atom. The van der Waals surface area contributed by atoms with Crippen molar-refractivity contribution in [1.29, 1.82) is 0 Å². The molecule has 0 aromatic heterocycles. The molecule has 2 fully saturated rings. The zero-order valence-electron chi connectivity index (χ0n) is 12.6. The second-order valence-electron chi connectivity index (χ2n) is 6.18. The normalized spacial score (nSPS) is 24.0. The molecule has 1 saturated carbocycles. The van der Waals surface area contributed by atoms with E-state index in [0.717, 1.165) is 31.5 Å². The van der Waals surface area contributed by atoms with Gasteiger partial charge in [0, 0.05) is 19.6 Å². The van der Waals surface area contributed by atoms with E-state index in [9.17, 15) is 14.0 Å². The van der Waals surface area contributed by atoms with Crippen LogP contribution in [0.3, 0.4) is 0 Å². The maximum Gasteiger partial charge on any atom is 0.226 e. The summed E-state index contributed by atoms with van der Waals surface area (Å²) in [5.41, 5.74) is 0.856. The predicted molar refractivity (Wildman–Crippen MR) is 80.3 cm³/mol. The summed E-state index contributed by atoms with van der Waals surface area (Å²) in [4.78, 5) is 26.3. The van der Waals surface area contributed by atoms with Crippen LogP contribution in [0, 0.1) is 17.7 Å². The summed E-state index contributed by atoms with van der Waals surface area (Å²) in [7, 11) is 0. The average Bonchev–Trinajstić information content (AvgIpc) is 3.35. The summed E-state index contributed by atoms with van der Waals surface area (Å²) in [5.74, 6) is -0.535. The molecule has 3 rings (SSSR count). The monoisotopic (exact) mass is 304 g/mol. The first kappa shape index (κ1) is 15.0. The van der Waals surface area contributed by atoms with Gasteiger partial charge in [-0.1, -0.05) is 12.1 Å². The van der Waals surface area contributed by atoms with Crippen molar-refractivity contribution in [3.05, 3.63) is 35.6 Å². The van der Waals surface area contributed by atoms with Crippen molar-refractivity contribution in [3.63, 3.8) is 0 Å². The van der Waals surface area contributed by atoms with Gasteiger partial charge in [-0.3, -0.25) is 9.59 Å². The number of hydrogen-bond donors (Lipinski definition) is 1. The number of piperidine rings is 1. The maximum absolute atomic E-state index is 12.8. The third kappa shape index (κ3) is 3.46. The van der Waals surface area contributed by atoms with Crippen LogP contribution >= 0.6 is 0 Å². The Morgan fingerprint density at radius 2 is 1.77 bits per heavy atom. The van der Waals surface area contributed by atoms with Crippen LogP contribution in [0.4, 0.5) is 4.39 Å². The first-order chi connectivity index (χ1) is 10.6. The SMILES string of the molecule is O=C(NCc1ccc(F)cc1)C1CC1C(=O)N1CCCCC1. The maximum atomic E-state index is 12.8. The van der Waals surface area contributed by atoms with Crippen LogP contribution in [0.5, 0.6) is 0 Å². The van der Waals surface area contributed by atoms with Gasteiger partial charge in [-0.15, -0.1) is 0 Å². The zero-order valence-corrected chi connectivity index (χ0v) is 12.6. The van der Waals surface area contributed by atoms with E-state index in [1.165, 1.54) is 18.6 Å². The number of nitrogens with zero attached hydrogens (tertiary/aromatic N) is 1. The molecule has 22 heavy (non-hydrogen) atoms. The van der Waals surface area contributed by atoms with E-state index < -0.39 is 0 Å². The van der Waals surface area contributed by atoms with Gasteiger partial charge in [-0.2, -0.15) is 0 Å². The van der Waals surface area contributed by atoms with E-state index in [1.807, 2.05) is 4.90 Å². The molecule has 2 atom stereocenters.